The van der Waals surface area contributed by atoms with Crippen molar-refractivity contribution >= 4 is 31.9 Å². The zero-order valence-corrected chi connectivity index (χ0v) is 27.8. The molecule has 0 unspecified atom stereocenters. The second kappa shape index (κ2) is 16.9. The molecule has 4 aromatic rings. The van der Waals surface area contributed by atoms with Gasteiger partial charge in [-0.3, -0.25) is 4.67 Å². The summed E-state index contributed by atoms with van der Waals surface area (Å²) in [5.74, 6) is 0. The molecule has 1 nitrogen and oxygen atoms in total. The molecule has 4 heteroatoms. The van der Waals surface area contributed by atoms with Gasteiger partial charge in [-0.15, -0.1) is 10.9 Å². The van der Waals surface area contributed by atoms with Crippen molar-refractivity contribution in [3.8, 4) is 0 Å². The minimum atomic E-state index is -0.555. The Bertz CT molecular complexity index is 1140. The Labute approximate surface area is 262 Å². The van der Waals surface area contributed by atoms with Crippen molar-refractivity contribution in [1.29, 1.82) is 0 Å². The van der Waals surface area contributed by atoms with E-state index in [1.54, 1.807) is 10.9 Å². The average Bonchev–Trinajstić information content (AvgIpc) is 3.76. The van der Waals surface area contributed by atoms with Gasteiger partial charge < -0.3 is 30.3 Å². The van der Waals surface area contributed by atoms with Gasteiger partial charge in [0.05, 0.1) is 0 Å². The fourth-order valence-electron chi connectivity index (χ4n) is 6.79. The number of benzene rings is 2. The van der Waals surface area contributed by atoms with E-state index in [1.165, 1.54) is 74.8 Å². The van der Waals surface area contributed by atoms with Crippen molar-refractivity contribution in [2.75, 3.05) is 7.05 Å². The first-order valence-electron chi connectivity index (χ1n) is 15.6. The first-order chi connectivity index (χ1) is 19.7. The molecule has 0 radical (unpaired) electrons. The molecule has 0 aromatic heterocycles. The van der Waals surface area contributed by atoms with E-state index < -0.39 is 7.92 Å². The Morgan fingerprint density at radius 2 is 1.10 bits per heavy atom. The van der Waals surface area contributed by atoms with Gasteiger partial charge in [0.1, 0.15) is 0 Å². The van der Waals surface area contributed by atoms with Crippen LogP contribution in [0.4, 0.5) is 0 Å². The molecule has 2 fully saturated rings. The van der Waals surface area contributed by atoms with Gasteiger partial charge in [-0.05, 0) is 76.7 Å². The maximum Gasteiger partial charge on any atom is 0 e. The summed E-state index contributed by atoms with van der Waals surface area (Å²) in [6.45, 7) is 2.50. The zero-order valence-electron chi connectivity index (χ0n) is 24.9. The Kier molecular flexibility index (Phi) is 13.4. The van der Waals surface area contributed by atoms with Crippen molar-refractivity contribution in [2.45, 2.75) is 88.5 Å². The normalized spacial score (nSPS) is 17.2. The predicted octanol–water partition coefficient (Wildman–Crippen LogP) is 9.62. The van der Waals surface area contributed by atoms with Crippen LogP contribution in [0.3, 0.4) is 0 Å². The van der Waals surface area contributed by atoms with Crippen LogP contribution in [0.5, 0.6) is 0 Å². The van der Waals surface area contributed by atoms with E-state index in [0.29, 0.717) is 6.04 Å². The number of nitrogens with zero attached hydrogens (tertiary/aromatic N) is 1. The first-order valence-corrected chi connectivity index (χ1v) is 18.3. The minimum Gasteiger partial charge on any atom is -0.748 e. The van der Waals surface area contributed by atoms with E-state index in [0.717, 1.165) is 11.3 Å². The summed E-state index contributed by atoms with van der Waals surface area (Å²) in [5, 5.41) is 4.47. The topological polar surface area (TPSA) is 3.24 Å². The maximum atomic E-state index is 2.89. The molecule has 4 aromatic carbocycles. The SMILES string of the molecule is C[C@@H]([c-]1cccc1P(c1ccccc1)c1ccccc1)N(C)P(C1CCCCC1)C1CCCCC1.[Fe].[cH-]1[cH-][cH-][cH-][cH-]1. The molecule has 224 valence electrons. The summed E-state index contributed by atoms with van der Waals surface area (Å²) in [5.41, 5.74) is 3.44. The Balaban J connectivity index is 0.000000584. The second-order valence-electron chi connectivity index (χ2n) is 11.5. The fourth-order valence-corrected chi connectivity index (χ4v) is 13.3. The Morgan fingerprint density at radius 3 is 1.54 bits per heavy atom. The summed E-state index contributed by atoms with van der Waals surface area (Å²) in [7, 11) is 1.83. The summed E-state index contributed by atoms with van der Waals surface area (Å²) in [6, 6.07) is 40.1. The van der Waals surface area contributed by atoms with E-state index >= 15 is 0 Å². The molecular formula is C37H47FeNP2-6. The van der Waals surface area contributed by atoms with Crippen LogP contribution in [0, 0.1) is 0 Å². The largest absolute Gasteiger partial charge is 0.748 e. The van der Waals surface area contributed by atoms with Gasteiger partial charge >= 0.3 is 0 Å². The van der Waals surface area contributed by atoms with Crippen LogP contribution >= 0.6 is 16.0 Å². The zero-order chi connectivity index (χ0) is 27.6. The van der Waals surface area contributed by atoms with E-state index in [9.17, 15) is 0 Å². The molecule has 0 saturated heterocycles. The van der Waals surface area contributed by atoms with Crippen molar-refractivity contribution in [3.05, 3.63) is 115 Å². The summed E-state index contributed by atoms with van der Waals surface area (Å²) < 4.78 is 2.89. The van der Waals surface area contributed by atoms with Crippen molar-refractivity contribution in [2.24, 2.45) is 0 Å². The number of hydrogen-bond donors (Lipinski definition) is 0. The van der Waals surface area contributed by atoms with Crippen molar-refractivity contribution < 1.29 is 17.1 Å². The Morgan fingerprint density at radius 1 is 0.659 bits per heavy atom. The Hall–Kier alpha value is -1.52. The first kappa shape index (κ1) is 32.4. The van der Waals surface area contributed by atoms with Gasteiger partial charge in [-0.1, -0.05) is 106 Å². The molecule has 0 amide bonds. The summed E-state index contributed by atoms with van der Waals surface area (Å²) in [4.78, 5) is 0. The molecule has 2 saturated carbocycles. The standard InChI is InChI=1S/C32H42NP2.C5H5.Fe/c1-26(33(2)35(29-20-11-5-12-21-29)30-22-13-6-14-23-30)31-24-15-25-32(31)34(27-16-7-3-8-17-27)28-18-9-4-10-19-28;1-2-4-5-3-1;/h3-4,7-10,15-19,24-26,29-30H,5-6,11-14,20-23H2,1-2H3;1-5H;/q-1;-5;/t26-;;/m0../s1. The average molecular weight is 624 g/mol. The molecule has 1 atom stereocenters. The van der Waals surface area contributed by atoms with E-state index in [4.69, 9.17) is 0 Å². The molecule has 2 aliphatic rings. The quantitative estimate of drug-likeness (QED) is 0.107. The number of rotatable bonds is 8. The molecule has 6 rings (SSSR count). The van der Waals surface area contributed by atoms with Crippen LogP contribution in [-0.4, -0.2) is 23.0 Å². The van der Waals surface area contributed by atoms with Gasteiger partial charge in [0, 0.05) is 17.1 Å². The minimum absolute atomic E-state index is 0. The van der Waals surface area contributed by atoms with Crippen LogP contribution in [0.25, 0.3) is 0 Å². The van der Waals surface area contributed by atoms with Crippen LogP contribution in [0.1, 0.15) is 82.7 Å². The van der Waals surface area contributed by atoms with Crippen molar-refractivity contribution in [3.63, 3.8) is 0 Å². The number of hydrogen-bond acceptors (Lipinski definition) is 1. The van der Waals surface area contributed by atoms with E-state index in [2.05, 4.69) is 97.5 Å². The predicted molar refractivity (Wildman–Crippen MR) is 180 cm³/mol. The molecular weight excluding hydrogens is 576 g/mol. The fraction of sp³-hybridized carbons (Fsp3) is 0.405. The van der Waals surface area contributed by atoms with Gasteiger partial charge in [0.2, 0.25) is 0 Å². The van der Waals surface area contributed by atoms with Crippen LogP contribution in [0.15, 0.2) is 109 Å². The van der Waals surface area contributed by atoms with E-state index in [-0.39, 0.29) is 25.1 Å². The molecule has 0 bridgehead atoms. The molecule has 2 aliphatic carbocycles. The van der Waals surface area contributed by atoms with Crippen LogP contribution in [0.2, 0.25) is 0 Å². The summed E-state index contributed by atoms with van der Waals surface area (Å²) in [6.07, 6.45) is 14.6. The van der Waals surface area contributed by atoms with Gasteiger partial charge in [0.15, 0.2) is 0 Å². The second-order valence-corrected chi connectivity index (χ2v) is 16.6. The molecule has 0 heterocycles. The monoisotopic (exact) mass is 623 g/mol. The third kappa shape index (κ3) is 8.53. The smallest absolute Gasteiger partial charge is 0 e. The molecule has 41 heavy (non-hydrogen) atoms. The third-order valence-electron chi connectivity index (χ3n) is 8.92. The molecule has 0 spiro atoms. The molecule has 0 aliphatic heterocycles. The van der Waals surface area contributed by atoms with Crippen LogP contribution in [-0.2, 0) is 17.1 Å². The maximum absolute atomic E-state index is 2.89. The van der Waals surface area contributed by atoms with Gasteiger partial charge in [-0.25, -0.2) is 12.1 Å². The van der Waals surface area contributed by atoms with E-state index in [1.807, 2.05) is 30.3 Å². The van der Waals surface area contributed by atoms with Crippen molar-refractivity contribution in [1.82, 2.24) is 4.67 Å². The molecule has 0 N–H and O–H groups in total. The van der Waals surface area contributed by atoms with Crippen LogP contribution < -0.4 is 15.9 Å². The van der Waals surface area contributed by atoms with Gasteiger partial charge in [-0.2, -0.15) is 6.07 Å². The summed E-state index contributed by atoms with van der Waals surface area (Å²) >= 11 is 0. The van der Waals surface area contributed by atoms with Gasteiger partial charge in [0.25, 0.3) is 0 Å². The third-order valence-corrected chi connectivity index (χ3v) is 15.0.